The van der Waals surface area contributed by atoms with E-state index in [1.165, 1.54) is 32.8 Å². The zero-order valence-electron chi connectivity index (χ0n) is 19.9. The van der Waals surface area contributed by atoms with Gasteiger partial charge < -0.3 is 0 Å². The van der Waals surface area contributed by atoms with Crippen LogP contribution in [0.5, 0.6) is 0 Å². The Morgan fingerprint density at radius 3 is 1.29 bits per heavy atom. The van der Waals surface area contributed by atoms with E-state index < -0.39 is 0 Å². The van der Waals surface area contributed by atoms with Crippen LogP contribution >= 0.6 is 0 Å². The van der Waals surface area contributed by atoms with Gasteiger partial charge in [0.2, 0.25) is 15.2 Å². The average molecular weight is 469 g/mol. The van der Waals surface area contributed by atoms with Crippen molar-refractivity contribution < 1.29 is 0 Å². The molecular formula is C31H27AlN3. The van der Waals surface area contributed by atoms with Gasteiger partial charge in [-0.3, -0.25) is 15.0 Å². The lowest BCUT2D eigenvalue weighted by molar-refractivity contribution is 1.14. The minimum absolute atomic E-state index is 0.296. The molecule has 3 nitrogen and oxygen atoms in total. The molecule has 6 rings (SSSR count). The fraction of sp³-hybridized carbons (Fsp3) is 0.129. The minimum atomic E-state index is 0.296. The summed E-state index contributed by atoms with van der Waals surface area (Å²) in [6, 6.07) is 31.6. The lowest BCUT2D eigenvalue weighted by atomic mass is 10.1. The van der Waals surface area contributed by atoms with Gasteiger partial charge in [0.1, 0.15) is 0 Å². The quantitative estimate of drug-likeness (QED) is 0.256. The molecule has 0 amide bonds. The Hall–Kier alpha value is -3.58. The molecule has 0 unspecified atom stereocenters. The number of hydrogen-bond donors (Lipinski definition) is 0. The number of fused-ring (bicyclic) bond motifs is 3. The van der Waals surface area contributed by atoms with Crippen molar-refractivity contribution in [1.29, 1.82) is 0 Å². The Morgan fingerprint density at radius 1 is 0.486 bits per heavy atom. The van der Waals surface area contributed by atoms with Crippen LogP contribution in [0, 0.1) is 0 Å². The van der Waals surface area contributed by atoms with E-state index in [1.807, 2.05) is 36.8 Å². The summed E-state index contributed by atoms with van der Waals surface area (Å²) in [6.07, 6.45) is 6.67. The molecule has 1 radical (unpaired) electrons. The number of aromatic nitrogens is 3. The van der Waals surface area contributed by atoms with Crippen molar-refractivity contribution in [3.8, 4) is 0 Å². The van der Waals surface area contributed by atoms with E-state index in [0.29, 0.717) is 15.2 Å². The Kier molecular flexibility index (Phi) is 7.44. The number of aryl methyl sites for hydroxylation is 1. The molecule has 0 atom stereocenters. The first-order chi connectivity index (χ1) is 17.3. The summed E-state index contributed by atoms with van der Waals surface area (Å²) in [7, 11) is 0. The van der Waals surface area contributed by atoms with Crippen LogP contribution in [-0.2, 0) is 17.0 Å². The van der Waals surface area contributed by atoms with E-state index in [9.17, 15) is 0 Å². The zero-order chi connectivity index (χ0) is 23.9. The Morgan fingerprint density at radius 2 is 0.857 bits per heavy atom. The van der Waals surface area contributed by atoms with Gasteiger partial charge in [-0.25, -0.2) is 0 Å². The predicted octanol–water partition coefficient (Wildman–Crippen LogP) is 6.98. The third-order valence-corrected chi connectivity index (χ3v) is 7.72. The number of rotatable bonds is 5. The smallest absolute Gasteiger partial charge is 0.214 e. The summed E-state index contributed by atoms with van der Waals surface area (Å²) in [6.45, 7) is 2.16. The molecule has 0 aliphatic rings. The second kappa shape index (κ2) is 11.2. The normalized spacial score (nSPS) is 10.8. The van der Waals surface area contributed by atoms with Crippen LogP contribution in [0.1, 0.15) is 23.6 Å². The summed E-state index contributed by atoms with van der Waals surface area (Å²) in [5.74, 6) is 0. The number of benzene rings is 3. The minimum Gasteiger partial charge on any atom is -0.256 e. The first-order valence-corrected chi connectivity index (χ1v) is 13.8. The Labute approximate surface area is 212 Å². The topological polar surface area (TPSA) is 38.7 Å². The molecule has 0 bridgehead atoms. The molecule has 3 aromatic heterocycles. The molecule has 169 valence electrons. The number of hydrogen-bond acceptors (Lipinski definition) is 3. The van der Waals surface area contributed by atoms with Crippen LogP contribution in [0.3, 0.4) is 0 Å². The molecule has 4 heteroatoms. The lowest BCUT2D eigenvalue weighted by Crippen LogP contribution is -2.03. The van der Waals surface area contributed by atoms with Crippen LogP contribution in [0.4, 0.5) is 0 Å². The highest BCUT2D eigenvalue weighted by Gasteiger charge is 2.06. The van der Waals surface area contributed by atoms with Gasteiger partial charge in [0, 0.05) is 34.7 Å². The molecule has 3 aromatic carbocycles. The third kappa shape index (κ3) is 5.41. The molecule has 6 aromatic rings. The maximum atomic E-state index is 4.56. The summed E-state index contributed by atoms with van der Waals surface area (Å²) in [4.78, 5) is 13.5. The summed E-state index contributed by atoms with van der Waals surface area (Å²) in [5, 5.41) is 5.94. The van der Waals surface area contributed by atoms with E-state index >= 15 is 0 Å². The maximum absolute atomic E-state index is 4.56. The average Bonchev–Trinajstić information content (AvgIpc) is 2.93. The van der Waals surface area contributed by atoms with E-state index in [0.717, 1.165) is 33.5 Å². The molecular weight excluding hydrogens is 441 g/mol. The fourth-order valence-electron chi connectivity index (χ4n) is 4.50. The Bertz CT molecular complexity index is 1480. The summed E-state index contributed by atoms with van der Waals surface area (Å²) < 4.78 is 0. The van der Waals surface area contributed by atoms with E-state index in [2.05, 4.69) is 94.7 Å². The molecule has 0 aliphatic heterocycles. The second-order valence-corrected chi connectivity index (χ2v) is 9.92. The molecule has 35 heavy (non-hydrogen) atoms. The van der Waals surface area contributed by atoms with Gasteiger partial charge >= 0.3 is 0 Å². The van der Waals surface area contributed by atoms with Gasteiger partial charge in [0.05, 0.1) is 16.6 Å². The van der Waals surface area contributed by atoms with Gasteiger partial charge in [-0.2, -0.15) is 0 Å². The molecule has 0 N–H and O–H groups in total. The number of nitrogens with zero attached hydrogens (tertiary/aromatic N) is 3. The van der Waals surface area contributed by atoms with Gasteiger partial charge in [0.15, 0.2) is 0 Å². The highest BCUT2D eigenvalue weighted by Crippen LogP contribution is 2.19. The third-order valence-electron chi connectivity index (χ3n) is 6.26. The van der Waals surface area contributed by atoms with Crippen molar-refractivity contribution in [2.45, 2.75) is 23.9 Å². The van der Waals surface area contributed by atoms with Crippen LogP contribution in [0.15, 0.2) is 110 Å². The van der Waals surface area contributed by atoms with Crippen molar-refractivity contribution in [3.05, 3.63) is 126 Å². The van der Waals surface area contributed by atoms with Crippen LogP contribution in [0.2, 0.25) is 0 Å². The summed E-state index contributed by atoms with van der Waals surface area (Å²) >= 11 is 0.296. The van der Waals surface area contributed by atoms with Crippen LogP contribution in [0.25, 0.3) is 32.7 Å². The molecule has 0 spiro atoms. The first kappa shape index (κ1) is 23.2. The Balaban J connectivity index is 0.000000178. The van der Waals surface area contributed by atoms with Gasteiger partial charge in [-0.05, 0) is 41.3 Å². The van der Waals surface area contributed by atoms with Crippen molar-refractivity contribution >= 4 is 47.9 Å². The molecule has 0 saturated carbocycles. The SMILES string of the molecule is CCc1cccc2cccnc12.c1cnc2c([CH2][Al][CH2]c3cccc4cccnc34)cccc2c1. The highest BCUT2D eigenvalue weighted by atomic mass is 27.1. The second-order valence-electron chi connectivity index (χ2n) is 8.53. The predicted molar refractivity (Wildman–Crippen MR) is 148 cm³/mol. The van der Waals surface area contributed by atoms with E-state index in [-0.39, 0.29) is 0 Å². The van der Waals surface area contributed by atoms with Crippen LogP contribution < -0.4 is 0 Å². The first-order valence-electron chi connectivity index (χ1n) is 12.1. The standard InChI is InChI=1S/C11H11N.2C10H8N.Al/c1-2-9-5-3-6-10-7-4-8-12-11(9)10;2*1-8-4-2-5-9-6-3-7-11-10(8)9;/h3-8H,2H2,1H3;2*2-7H,1H2;. The van der Waals surface area contributed by atoms with E-state index in [1.54, 1.807) is 0 Å². The van der Waals surface area contributed by atoms with Gasteiger partial charge in [-0.15, -0.1) is 0 Å². The molecule has 0 aliphatic carbocycles. The number of para-hydroxylation sites is 3. The van der Waals surface area contributed by atoms with Gasteiger partial charge in [-0.1, -0.05) is 90.3 Å². The lowest BCUT2D eigenvalue weighted by Gasteiger charge is -2.07. The largest absolute Gasteiger partial charge is 0.256 e. The fourth-order valence-corrected chi connectivity index (χ4v) is 5.93. The summed E-state index contributed by atoms with van der Waals surface area (Å²) in [5.41, 5.74) is 7.50. The molecule has 0 saturated heterocycles. The molecule has 3 heterocycles. The van der Waals surface area contributed by atoms with Crippen molar-refractivity contribution in [1.82, 2.24) is 15.0 Å². The highest BCUT2D eigenvalue weighted by molar-refractivity contribution is 6.35. The zero-order valence-corrected chi connectivity index (χ0v) is 21.1. The monoisotopic (exact) mass is 468 g/mol. The molecule has 0 fully saturated rings. The van der Waals surface area contributed by atoms with Crippen molar-refractivity contribution in [2.24, 2.45) is 0 Å². The van der Waals surface area contributed by atoms with Crippen molar-refractivity contribution in [2.75, 3.05) is 0 Å². The van der Waals surface area contributed by atoms with Crippen molar-refractivity contribution in [3.63, 3.8) is 0 Å². The van der Waals surface area contributed by atoms with Gasteiger partial charge in [0.25, 0.3) is 0 Å². The number of pyridine rings is 3. The van der Waals surface area contributed by atoms with Crippen LogP contribution in [-0.4, -0.2) is 30.2 Å². The maximum Gasteiger partial charge on any atom is 0.214 e. The van der Waals surface area contributed by atoms with E-state index in [4.69, 9.17) is 0 Å².